The van der Waals surface area contributed by atoms with Crippen molar-refractivity contribution in [2.45, 2.75) is 0 Å². The van der Waals surface area contributed by atoms with E-state index in [1.807, 2.05) is 11.3 Å². The molecule has 53 heavy (non-hydrogen) atoms. The number of fused-ring (bicyclic) bond motifs is 11. The van der Waals surface area contributed by atoms with Crippen molar-refractivity contribution in [2.24, 2.45) is 0 Å². The molecule has 0 atom stereocenters. The summed E-state index contributed by atoms with van der Waals surface area (Å²) in [6.07, 6.45) is 0. The van der Waals surface area contributed by atoms with Crippen molar-refractivity contribution in [3.63, 3.8) is 0 Å². The SMILES string of the molecule is c1ccc(-n2c3ccccc3c3ccc(N(c4ccc5c(c4)-c4cccc6cc7ccccc7c-5c46)c4ccc5c(c4)sc4ccccc45)cc32)cc1. The second kappa shape index (κ2) is 10.9. The molecule has 12 rings (SSSR count). The van der Waals surface area contributed by atoms with E-state index in [1.165, 1.54) is 85.8 Å². The highest BCUT2D eigenvalue weighted by Gasteiger charge is 2.26. The van der Waals surface area contributed by atoms with Gasteiger partial charge in [0, 0.05) is 53.7 Å². The molecule has 0 fully saturated rings. The summed E-state index contributed by atoms with van der Waals surface area (Å²) in [7, 11) is 0. The summed E-state index contributed by atoms with van der Waals surface area (Å²) in [6, 6.07) is 67.3. The van der Waals surface area contributed by atoms with E-state index in [2.05, 4.69) is 191 Å². The van der Waals surface area contributed by atoms with Crippen molar-refractivity contribution in [1.82, 2.24) is 4.57 Å². The lowest BCUT2D eigenvalue weighted by Crippen LogP contribution is -2.10. The first kappa shape index (κ1) is 29.0. The molecule has 0 aliphatic heterocycles. The molecule has 11 aromatic rings. The molecular formula is C50H30N2S. The van der Waals surface area contributed by atoms with E-state index in [4.69, 9.17) is 0 Å². The maximum atomic E-state index is 2.46. The van der Waals surface area contributed by atoms with Crippen LogP contribution in [0.15, 0.2) is 182 Å². The van der Waals surface area contributed by atoms with Crippen LogP contribution >= 0.6 is 11.3 Å². The molecule has 0 saturated heterocycles. The van der Waals surface area contributed by atoms with Crippen LogP contribution in [0.3, 0.4) is 0 Å². The Bertz CT molecular complexity index is 3290. The third-order valence-electron chi connectivity index (χ3n) is 11.3. The van der Waals surface area contributed by atoms with Crippen LogP contribution in [0.25, 0.3) is 91.5 Å². The molecule has 0 spiro atoms. The number of thiophene rings is 1. The fourth-order valence-electron chi connectivity index (χ4n) is 8.99. The predicted molar refractivity (Wildman–Crippen MR) is 228 cm³/mol. The Labute approximate surface area is 310 Å². The van der Waals surface area contributed by atoms with Crippen LogP contribution in [0.5, 0.6) is 0 Å². The molecule has 9 aromatic carbocycles. The molecule has 0 N–H and O–H groups in total. The molecule has 1 aliphatic carbocycles. The van der Waals surface area contributed by atoms with Crippen LogP contribution in [0.2, 0.25) is 0 Å². The van der Waals surface area contributed by atoms with Crippen molar-refractivity contribution >= 4 is 91.9 Å². The van der Waals surface area contributed by atoms with Gasteiger partial charge < -0.3 is 9.47 Å². The van der Waals surface area contributed by atoms with Crippen molar-refractivity contribution in [1.29, 1.82) is 0 Å². The number of para-hydroxylation sites is 2. The lowest BCUT2D eigenvalue weighted by molar-refractivity contribution is 1.18. The van der Waals surface area contributed by atoms with Crippen LogP contribution < -0.4 is 4.90 Å². The van der Waals surface area contributed by atoms with Gasteiger partial charge in [0.1, 0.15) is 0 Å². The Morgan fingerprint density at radius 1 is 0.377 bits per heavy atom. The first-order valence-electron chi connectivity index (χ1n) is 18.2. The Morgan fingerprint density at radius 3 is 1.94 bits per heavy atom. The van der Waals surface area contributed by atoms with E-state index in [0.717, 1.165) is 22.7 Å². The summed E-state index contributed by atoms with van der Waals surface area (Å²) in [4.78, 5) is 2.46. The summed E-state index contributed by atoms with van der Waals surface area (Å²) in [5.74, 6) is 0. The van der Waals surface area contributed by atoms with Gasteiger partial charge in [-0.05, 0) is 111 Å². The van der Waals surface area contributed by atoms with E-state index >= 15 is 0 Å². The first-order chi connectivity index (χ1) is 26.3. The van der Waals surface area contributed by atoms with E-state index in [-0.39, 0.29) is 0 Å². The van der Waals surface area contributed by atoms with Gasteiger partial charge in [0.05, 0.1) is 11.0 Å². The quantitative estimate of drug-likeness (QED) is 0.167. The molecule has 2 aromatic heterocycles. The number of anilines is 3. The largest absolute Gasteiger partial charge is 0.310 e. The monoisotopic (exact) mass is 690 g/mol. The van der Waals surface area contributed by atoms with Gasteiger partial charge in [-0.3, -0.25) is 0 Å². The van der Waals surface area contributed by atoms with Gasteiger partial charge in [0.25, 0.3) is 0 Å². The van der Waals surface area contributed by atoms with Crippen molar-refractivity contribution < 1.29 is 0 Å². The lowest BCUT2D eigenvalue weighted by Gasteiger charge is -2.26. The van der Waals surface area contributed by atoms with Gasteiger partial charge in [-0.25, -0.2) is 0 Å². The van der Waals surface area contributed by atoms with Crippen LogP contribution in [-0.2, 0) is 0 Å². The molecule has 246 valence electrons. The highest BCUT2D eigenvalue weighted by atomic mass is 32.1. The second-order valence-corrected chi connectivity index (χ2v) is 15.2. The molecule has 0 saturated carbocycles. The highest BCUT2D eigenvalue weighted by molar-refractivity contribution is 7.25. The number of hydrogen-bond donors (Lipinski definition) is 0. The number of aromatic nitrogens is 1. The summed E-state index contributed by atoms with van der Waals surface area (Å²) in [6.45, 7) is 0. The zero-order valence-electron chi connectivity index (χ0n) is 28.6. The van der Waals surface area contributed by atoms with Crippen LogP contribution in [0.4, 0.5) is 17.1 Å². The normalized spacial score (nSPS) is 12.2. The van der Waals surface area contributed by atoms with Gasteiger partial charge in [0.15, 0.2) is 0 Å². The lowest BCUT2D eigenvalue weighted by atomic mass is 9.96. The van der Waals surface area contributed by atoms with E-state index in [1.54, 1.807) is 0 Å². The van der Waals surface area contributed by atoms with Gasteiger partial charge in [0.2, 0.25) is 0 Å². The molecule has 0 radical (unpaired) electrons. The topological polar surface area (TPSA) is 8.17 Å². The molecule has 3 heteroatoms. The Hall–Kier alpha value is -6.68. The average Bonchev–Trinajstić information content (AvgIpc) is 3.86. The molecule has 2 nitrogen and oxygen atoms in total. The fourth-order valence-corrected chi connectivity index (χ4v) is 10.1. The predicted octanol–water partition coefficient (Wildman–Crippen LogP) is 14.6. The number of benzene rings is 9. The van der Waals surface area contributed by atoms with Crippen LogP contribution in [0, 0.1) is 0 Å². The van der Waals surface area contributed by atoms with Crippen molar-refractivity contribution in [3.8, 4) is 27.9 Å². The molecule has 1 aliphatic rings. The molecule has 0 unspecified atom stereocenters. The second-order valence-electron chi connectivity index (χ2n) is 14.1. The van der Waals surface area contributed by atoms with Gasteiger partial charge >= 0.3 is 0 Å². The Morgan fingerprint density at radius 2 is 1.04 bits per heavy atom. The zero-order valence-corrected chi connectivity index (χ0v) is 29.4. The Balaban J connectivity index is 1.12. The van der Waals surface area contributed by atoms with Crippen LogP contribution in [0.1, 0.15) is 0 Å². The van der Waals surface area contributed by atoms with Crippen molar-refractivity contribution in [3.05, 3.63) is 182 Å². The minimum atomic E-state index is 1.12. The van der Waals surface area contributed by atoms with Crippen molar-refractivity contribution in [2.75, 3.05) is 4.90 Å². The minimum Gasteiger partial charge on any atom is -0.310 e. The van der Waals surface area contributed by atoms with E-state index in [9.17, 15) is 0 Å². The zero-order chi connectivity index (χ0) is 34.6. The molecule has 0 bridgehead atoms. The van der Waals surface area contributed by atoms with E-state index in [0.29, 0.717) is 0 Å². The smallest absolute Gasteiger partial charge is 0.0561 e. The number of rotatable bonds is 4. The average molecular weight is 691 g/mol. The summed E-state index contributed by atoms with van der Waals surface area (Å²) in [5, 5.41) is 10.4. The summed E-state index contributed by atoms with van der Waals surface area (Å²) >= 11 is 1.87. The third-order valence-corrected chi connectivity index (χ3v) is 12.4. The van der Waals surface area contributed by atoms with E-state index < -0.39 is 0 Å². The third kappa shape index (κ3) is 4.14. The minimum absolute atomic E-state index is 1.12. The van der Waals surface area contributed by atoms with Gasteiger partial charge in [-0.2, -0.15) is 0 Å². The number of nitrogens with zero attached hydrogens (tertiary/aromatic N) is 2. The summed E-state index contributed by atoms with van der Waals surface area (Å²) < 4.78 is 5.01. The van der Waals surface area contributed by atoms with Gasteiger partial charge in [-0.15, -0.1) is 11.3 Å². The molecule has 0 amide bonds. The number of hydrogen-bond acceptors (Lipinski definition) is 2. The molecular weight excluding hydrogens is 661 g/mol. The summed E-state index contributed by atoms with van der Waals surface area (Å²) in [5.41, 5.74) is 12.2. The highest BCUT2D eigenvalue weighted by Crippen LogP contribution is 2.52. The standard InChI is InChI=1S/C50H30N2S/c1-2-13-33(14-3-1)52-45-19-8-6-16-38(45)39-24-21-35(29-46(39)52)51(36-22-25-41-40-17-7-9-20-47(40)53-48(41)30-36)34-23-26-43-44(28-34)42-18-10-12-32-27-31-11-4-5-15-37(31)50(43)49(32)42/h1-30H. The maximum absolute atomic E-state index is 2.46. The molecule has 2 heterocycles. The maximum Gasteiger partial charge on any atom is 0.0561 e. The first-order valence-corrected chi connectivity index (χ1v) is 19.0. The Kier molecular flexibility index (Phi) is 5.96. The van der Waals surface area contributed by atoms with Crippen LogP contribution in [-0.4, -0.2) is 4.57 Å². The van der Waals surface area contributed by atoms with Gasteiger partial charge in [-0.1, -0.05) is 115 Å². The fraction of sp³-hybridized carbons (Fsp3) is 0.